The number of oxazole rings is 1. The Morgan fingerprint density at radius 3 is 2.56 bits per heavy atom. The van der Waals surface area contributed by atoms with Crippen LogP contribution in [-0.2, 0) is 6.54 Å². The zero-order chi connectivity index (χ0) is 18.6. The molecule has 0 fully saturated rings. The average Bonchev–Trinajstić information content (AvgIpc) is 3.36. The molecule has 0 spiro atoms. The molecule has 0 saturated carbocycles. The Balaban J connectivity index is 1.51. The van der Waals surface area contributed by atoms with Crippen molar-refractivity contribution in [2.45, 2.75) is 19.5 Å². The first-order valence-corrected chi connectivity index (χ1v) is 9.61. The topological polar surface area (TPSA) is 38.1 Å². The second kappa shape index (κ2) is 7.86. The lowest BCUT2D eigenvalue weighted by atomic mass is 10.0. The van der Waals surface area contributed by atoms with Crippen LogP contribution >= 0.6 is 11.3 Å². The third-order valence-corrected chi connectivity index (χ3v) is 5.32. The Morgan fingerprint density at radius 1 is 1.07 bits per heavy atom. The summed E-state index contributed by atoms with van der Waals surface area (Å²) in [5.41, 5.74) is 3.25. The van der Waals surface area contributed by atoms with E-state index in [4.69, 9.17) is 4.42 Å². The van der Waals surface area contributed by atoms with Crippen LogP contribution in [-0.4, -0.2) is 4.98 Å². The fourth-order valence-electron chi connectivity index (χ4n) is 2.93. The fourth-order valence-corrected chi connectivity index (χ4v) is 3.75. The van der Waals surface area contributed by atoms with E-state index in [-0.39, 0.29) is 11.9 Å². The van der Waals surface area contributed by atoms with Gasteiger partial charge in [-0.3, -0.25) is 5.32 Å². The Labute approximate surface area is 161 Å². The maximum atomic E-state index is 13.1. The molecule has 2 aromatic heterocycles. The molecule has 1 N–H and O–H groups in total. The summed E-state index contributed by atoms with van der Waals surface area (Å²) in [6.07, 6.45) is 1.68. The first-order valence-electron chi connectivity index (χ1n) is 8.73. The van der Waals surface area contributed by atoms with Gasteiger partial charge in [-0.15, -0.1) is 11.3 Å². The highest BCUT2D eigenvalue weighted by Crippen LogP contribution is 2.27. The minimum absolute atomic E-state index is 0.0757. The maximum absolute atomic E-state index is 13.1. The molecule has 0 aliphatic rings. The number of nitrogens with one attached hydrogen (secondary N) is 1. The minimum atomic E-state index is -0.267. The van der Waals surface area contributed by atoms with Crippen LogP contribution in [0.2, 0.25) is 0 Å². The van der Waals surface area contributed by atoms with Crippen LogP contribution in [0.1, 0.15) is 27.9 Å². The number of hydrogen-bond acceptors (Lipinski definition) is 4. The van der Waals surface area contributed by atoms with Crippen LogP contribution in [0.15, 0.2) is 76.7 Å². The molecular formula is C22H19FN2OS. The Kier molecular flexibility index (Phi) is 5.14. The molecular weight excluding hydrogens is 359 g/mol. The van der Waals surface area contributed by atoms with Crippen molar-refractivity contribution in [2.75, 3.05) is 0 Å². The summed E-state index contributed by atoms with van der Waals surface area (Å²) in [4.78, 5) is 5.60. The second-order valence-electron chi connectivity index (χ2n) is 6.37. The van der Waals surface area contributed by atoms with Crippen LogP contribution < -0.4 is 5.32 Å². The van der Waals surface area contributed by atoms with Gasteiger partial charge < -0.3 is 4.42 Å². The summed E-state index contributed by atoms with van der Waals surface area (Å²) in [5, 5.41) is 5.62. The smallest absolute Gasteiger partial charge is 0.208 e. The summed E-state index contributed by atoms with van der Waals surface area (Å²) in [5.74, 6) is 0.967. The van der Waals surface area contributed by atoms with Gasteiger partial charge in [-0.1, -0.05) is 35.9 Å². The summed E-state index contributed by atoms with van der Waals surface area (Å²) < 4.78 is 18.9. The van der Waals surface area contributed by atoms with E-state index in [2.05, 4.69) is 59.0 Å². The molecule has 0 radical (unpaired) electrons. The number of aromatic nitrogens is 1. The highest BCUT2D eigenvalue weighted by atomic mass is 32.1. The van der Waals surface area contributed by atoms with E-state index in [0.29, 0.717) is 18.2 Å². The molecule has 0 amide bonds. The number of rotatable bonds is 6. The van der Waals surface area contributed by atoms with Gasteiger partial charge >= 0.3 is 0 Å². The molecule has 5 heteroatoms. The second-order valence-corrected chi connectivity index (χ2v) is 7.34. The van der Waals surface area contributed by atoms with Crippen molar-refractivity contribution in [1.82, 2.24) is 10.3 Å². The van der Waals surface area contributed by atoms with Crippen molar-refractivity contribution in [2.24, 2.45) is 0 Å². The van der Waals surface area contributed by atoms with Gasteiger partial charge in [-0.2, -0.15) is 0 Å². The third kappa shape index (κ3) is 4.15. The number of thiophene rings is 1. The van der Waals surface area contributed by atoms with Gasteiger partial charge in [-0.05, 0) is 48.2 Å². The van der Waals surface area contributed by atoms with Crippen LogP contribution in [0.5, 0.6) is 0 Å². The van der Waals surface area contributed by atoms with E-state index in [9.17, 15) is 4.39 Å². The number of benzene rings is 2. The van der Waals surface area contributed by atoms with Crippen molar-refractivity contribution in [3.8, 4) is 11.3 Å². The van der Waals surface area contributed by atoms with Crippen molar-refractivity contribution in [1.29, 1.82) is 0 Å². The van der Waals surface area contributed by atoms with E-state index in [0.717, 1.165) is 5.56 Å². The Morgan fingerprint density at radius 2 is 1.85 bits per heavy atom. The van der Waals surface area contributed by atoms with E-state index < -0.39 is 0 Å². The van der Waals surface area contributed by atoms with Crippen molar-refractivity contribution in [3.05, 3.63) is 100.0 Å². The molecule has 27 heavy (non-hydrogen) atoms. The summed E-state index contributed by atoms with van der Waals surface area (Å²) in [7, 11) is 0. The van der Waals surface area contributed by atoms with E-state index in [1.54, 1.807) is 29.7 Å². The normalized spacial score (nSPS) is 12.2. The highest BCUT2D eigenvalue weighted by Gasteiger charge is 2.16. The van der Waals surface area contributed by atoms with Gasteiger partial charge in [0, 0.05) is 10.4 Å². The van der Waals surface area contributed by atoms with Crippen LogP contribution in [0.3, 0.4) is 0 Å². The van der Waals surface area contributed by atoms with Crippen LogP contribution in [0.25, 0.3) is 11.3 Å². The van der Waals surface area contributed by atoms with Crippen molar-refractivity contribution in [3.63, 3.8) is 0 Å². The molecule has 0 aliphatic heterocycles. The van der Waals surface area contributed by atoms with Gasteiger partial charge in [0.1, 0.15) is 5.82 Å². The first-order chi connectivity index (χ1) is 13.2. The maximum Gasteiger partial charge on any atom is 0.208 e. The van der Waals surface area contributed by atoms with Gasteiger partial charge in [0.15, 0.2) is 5.76 Å². The molecule has 2 aromatic carbocycles. The number of hydrogen-bond donors (Lipinski definition) is 1. The summed E-state index contributed by atoms with van der Waals surface area (Å²) in [6.45, 7) is 2.58. The molecule has 4 rings (SSSR count). The third-order valence-electron chi connectivity index (χ3n) is 4.38. The van der Waals surface area contributed by atoms with E-state index in [1.165, 1.54) is 28.1 Å². The van der Waals surface area contributed by atoms with Crippen molar-refractivity contribution >= 4 is 11.3 Å². The fraction of sp³-hybridized carbons (Fsp3) is 0.136. The lowest BCUT2D eigenvalue weighted by Crippen LogP contribution is -2.21. The predicted octanol–water partition coefficient (Wildman–Crippen LogP) is 5.73. The van der Waals surface area contributed by atoms with E-state index >= 15 is 0 Å². The SMILES string of the molecule is Cc1ccc([C@@H](NCc2ncc(-c3ccc(F)cc3)o2)c2cccs2)cc1. The molecule has 0 saturated heterocycles. The number of nitrogens with zero attached hydrogens (tertiary/aromatic N) is 1. The summed E-state index contributed by atoms with van der Waals surface area (Å²) >= 11 is 1.72. The molecule has 4 aromatic rings. The molecule has 0 bridgehead atoms. The quantitative estimate of drug-likeness (QED) is 0.466. The highest BCUT2D eigenvalue weighted by molar-refractivity contribution is 7.10. The minimum Gasteiger partial charge on any atom is -0.439 e. The molecule has 3 nitrogen and oxygen atoms in total. The lowest BCUT2D eigenvalue weighted by Gasteiger charge is -2.17. The molecule has 1 atom stereocenters. The molecule has 2 heterocycles. The van der Waals surface area contributed by atoms with Crippen LogP contribution in [0.4, 0.5) is 4.39 Å². The zero-order valence-corrected chi connectivity index (χ0v) is 15.7. The molecule has 0 aliphatic carbocycles. The van der Waals surface area contributed by atoms with Gasteiger partial charge in [-0.25, -0.2) is 9.37 Å². The Hall–Kier alpha value is -2.76. The lowest BCUT2D eigenvalue weighted by molar-refractivity contribution is 0.464. The van der Waals surface area contributed by atoms with Gasteiger partial charge in [0.2, 0.25) is 5.89 Å². The van der Waals surface area contributed by atoms with E-state index in [1.807, 2.05) is 0 Å². The van der Waals surface area contributed by atoms with Gasteiger partial charge in [0.25, 0.3) is 0 Å². The zero-order valence-electron chi connectivity index (χ0n) is 14.9. The number of halogens is 1. The van der Waals surface area contributed by atoms with Crippen LogP contribution in [0, 0.1) is 12.7 Å². The molecule has 136 valence electrons. The summed E-state index contributed by atoms with van der Waals surface area (Å²) in [6, 6.07) is 19.0. The number of aryl methyl sites for hydroxylation is 1. The largest absolute Gasteiger partial charge is 0.439 e. The Bertz CT molecular complexity index is 992. The van der Waals surface area contributed by atoms with Crippen molar-refractivity contribution < 1.29 is 8.81 Å². The predicted molar refractivity (Wildman–Crippen MR) is 106 cm³/mol. The van der Waals surface area contributed by atoms with Gasteiger partial charge in [0.05, 0.1) is 18.8 Å². The average molecular weight is 378 g/mol. The molecule has 0 unspecified atom stereocenters. The standard InChI is InChI=1S/C22H19FN2OS/c1-15-4-6-17(7-5-15)22(20-3-2-12-27-20)25-14-21-24-13-19(26-21)16-8-10-18(23)11-9-16/h2-13,22,25H,14H2,1H3/t22-/m1/s1. The monoisotopic (exact) mass is 378 g/mol. The first kappa shape index (κ1) is 17.6.